The second-order valence-corrected chi connectivity index (χ2v) is 6.03. The van der Waals surface area contributed by atoms with E-state index < -0.39 is 0 Å². The molecule has 1 aromatic carbocycles. The molecule has 0 amide bonds. The van der Waals surface area contributed by atoms with Gasteiger partial charge in [0.05, 0.1) is 6.61 Å². The van der Waals surface area contributed by atoms with Gasteiger partial charge < -0.3 is 15.0 Å². The molecule has 1 aromatic rings. The molecule has 0 radical (unpaired) electrons. The number of halogens is 1. The van der Waals surface area contributed by atoms with Crippen LogP contribution in [-0.4, -0.2) is 44.2 Å². The van der Waals surface area contributed by atoms with Gasteiger partial charge in [-0.2, -0.15) is 0 Å². The molecule has 2 aliphatic heterocycles. The fourth-order valence-corrected chi connectivity index (χ4v) is 3.27. The topological polar surface area (TPSA) is 24.5 Å². The molecule has 2 heterocycles. The maximum absolute atomic E-state index is 5.84. The Kier molecular flexibility index (Phi) is 4.26. The van der Waals surface area contributed by atoms with Gasteiger partial charge in [-0.3, -0.25) is 0 Å². The SMILES string of the molecule is Clc1ccc(OCCCN2C[C@H]3CNC[C@H]3C2)cc1. The number of hydrogen-bond donors (Lipinski definition) is 1. The third kappa shape index (κ3) is 3.41. The summed E-state index contributed by atoms with van der Waals surface area (Å²) in [6.45, 7) is 6.88. The fourth-order valence-electron chi connectivity index (χ4n) is 3.14. The average Bonchev–Trinajstić information content (AvgIpc) is 2.97. The number of nitrogens with one attached hydrogen (secondary N) is 1. The Bertz CT molecular complexity index is 397. The van der Waals surface area contributed by atoms with Crippen LogP contribution in [0, 0.1) is 11.8 Å². The lowest BCUT2D eigenvalue weighted by Crippen LogP contribution is -2.27. The molecular formula is C15H21ClN2O. The monoisotopic (exact) mass is 280 g/mol. The Morgan fingerprint density at radius 3 is 2.53 bits per heavy atom. The average molecular weight is 281 g/mol. The summed E-state index contributed by atoms with van der Waals surface area (Å²) >= 11 is 5.84. The van der Waals surface area contributed by atoms with E-state index in [-0.39, 0.29) is 0 Å². The fraction of sp³-hybridized carbons (Fsp3) is 0.600. The Balaban J connectivity index is 1.34. The van der Waals surface area contributed by atoms with Gasteiger partial charge in [-0.15, -0.1) is 0 Å². The highest BCUT2D eigenvalue weighted by Crippen LogP contribution is 2.26. The summed E-state index contributed by atoms with van der Waals surface area (Å²) in [6.07, 6.45) is 1.09. The minimum atomic E-state index is 0.754. The highest BCUT2D eigenvalue weighted by molar-refractivity contribution is 6.30. The summed E-state index contributed by atoms with van der Waals surface area (Å²) < 4.78 is 5.72. The van der Waals surface area contributed by atoms with E-state index in [0.29, 0.717) is 0 Å². The molecule has 0 aromatic heterocycles. The molecule has 1 N–H and O–H groups in total. The zero-order valence-electron chi connectivity index (χ0n) is 11.1. The van der Waals surface area contributed by atoms with E-state index in [1.807, 2.05) is 24.3 Å². The largest absolute Gasteiger partial charge is 0.494 e. The van der Waals surface area contributed by atoms with Crippen LogP contribution in [0.5, 0.6) is 5.75 Å². The highest BCUT2D eigenvalue weighted by atomic mass is 35.5. The summed E-state index contributed by atoms with van der Waals surface area (Å²) in [4.78, 5) is 2.58. The molecule has 2 atom stereocenters. The molecule has 3 rings (SSSR count). The van der Waals surface area contributed by atoms with Gasteiger partial charge in [-0.25, -0.2) is 0 Å². The molecule has 0 spiro atoms. The minimum absolute atomic E-state index is 0.754. The van der Waals surface area contributed by atoms with Gasteiger partial charge in [0.25, 0.3) is 0 Å². The number of nitrogens with zero attached hydrogens (tertiary/aromatic N) is 1. The van der Waals surface area contributed by atoms with E-state index in [4.69, 9.17) is 16.3 Å². The zero-order chi connectivity index (χ0) is 13.1. The van der Waals surface area contributed by atoms with E-state index in [9.17, 15) is 0 Å². The molecule has 4 heteroatoms. The van der Waals surface area contributed by atoms with E-state index in [1.54, 1.807) is 0 Å². The number of benzene rings is 1. The van der Waals surface area contributed by atoms with E-state index in [0.717, 1.165) is 42.2 Å². The van der Waals surface area contributed by atoms with Crippen molar-refractivity contribution in [2.24, 2.45) is 11.8 Å². The van der Waals surface area contributed by atoms with Crippen molar-refractivity contribution < 1.29 is 4.74 Å². The van der Waals surface area contributed by atoms with Crippen LogP contribution < -0.4 is 10.1 Å². The number of likely N-dealkylation sites (tertiary alicyclic amines) is 1. The molecule has 2 aliphatic rings. The predicted molar refractivity (Wildman–Crippen MR) is 77.9 cm³/mol. The van der Waals surface area contributed by atoms with Crippen LogP contribution in [-0.2, 0) is 0 Å². The Labute approximate surface area is 119 Å². The number of hydrogen-bond acceptors (Lipinski definition) is 3. The van der Waals surface area contributed by atoms with Crippen LogP contribution in [0.4, 0.5) is 0 Å². The van der Waals surface area contributed by atoms with Crippen molar-refractivity contribution in [3.05, 3.63) is 29.3 Å². The summed E-state index contributed by atoms with van der Waals surface area (Å²) in [5.41, 5.74) is 0. The van der Waals surface area contributed by atoms with Crippen LogP contribution in [0.2, 0.25) is 5.02 Å². The van der Waals surface area contributed by atoms with Gasteiger partial charge in [-0.05, 0) is 55.6 Å². The number of ether oxygens (including phenoxy) is 1. The van der Waals surface area contributed by atoms with Crippen molar-refractivity contribution in [3.8, 4) is 5.75 Å². The molecule has 2 saturated heterocycles. The van der Waals surface area contributed by atoms with Gasteiger partial charge in [0.1, 0.15) is 5.75 Å². The van der Waals surface area contributed by atoms with Crippen LogP contribution in [0.1, 0.15) is 6.42 Å². The van der Waals surface area contributed by atoms with Crippen LogP contribution in [0.25, 0.3) is 0 Å². The first-order chi connectivity index (χ1) is 9.31. The molecule has 19 heavy (non-hydrogen) atoms. The standard InChI is InChI=1S/C15H21ClN2O/c16-14-2-4-15(5-3-14)19-7-1-6-18-10-12-8-17-9-13(12)11-18/h2-5,12-13,17H,1,6-11H2/t12-,13+. The molecule has 104 valence electrons. The van der Waals surface area contributed by atoms with Crippen LogP contribution >= 0.6 is 11.6 Å². The van der Waals surface area contributed by atoms with Crippen molar-refractivity contribution in [2.75, 3.05) is 39.3 Å². The molecule has 2 fully saturated rings. The van der Waals surface area contributed by atoms with Crippen LogP contribution in [0.15, 0.2) is 24.3 Å². The highest BCUT2D eigenvalue weighted by Gasteiger charge is 2.35. The Morgan fingerprint density at radius 1 is 1.16 bits per heavy atom. The van der Waals surface area contributed by atoms with Gasteiger partial charge in [0, 0.05) is 24.7 Å². The molecule has 0 aliphatic carbocycles. The Hall–Kier alpha value is -0.770. The van der Waals surface area contributed by atoms with Gasteiger partial charge in [0.2, 0.25) is 0 Å². The van der Waals surface area contributed by atoms with E-state index in [1.165, 1.54) is 26.2 Å². The van der Waals surface area contributed by atoms with Gasteiger partial charge >= 0.3 is 0 Å². The lowest BCUT2D eigenvalue weighted by Gasteiger charge is -2.16. The first-order valence-electron chi connectivity index (χ1n) is 7.13. The first-order valence-corrected chi connectivity index (χ1v) is 7.50. The van der Waals surface area contributed by atoms with Gasteiger partial charge in [-0.1, -0.05) is 11.6 Å². The maximum Gasteiger partial charge on any atom is 0.119 e. The van der Waals surface area contributed by atoms with E-state index in [2.05, 4.69) is 10.2 Å². The quantitative estimate of drug-likeness (QED) is 0.838. The van der Waals surface area contributed by atoms with Crippen molar-refractivity contribution in [1.29, 1.82) is 0 Å². The molecule has 0 unspecified atom stereocenters. The van der Waals surface area contributed by atoms with Crippen molar-refractivity contribution >= 4 is 11.6 Å². The summed E-state index contributed by atoms with van der Waals surface area (Å²) in [7, 11) is 0. The minimum Gasteiger partial charge on any atom is -0.494 e. The predicted octanol–water partition coefficient (Wildman–Crippen LogP) is 2.26. The van der Waals surface area contributed by atoms with Gasteiger partial charge in [0.15, 0.2) is 0 Å². The third-order valence-electron chi connectivity index (χ3n) is 4.17. The lowest BCUT2D eigenvalue weighted by molar-refractivity contribution is 0.254. The lowest BCUT2D eigenvalue weighted by atomic mass is 10.0. The summed E-state index contributed by atoms with van der Waals surface area (Å²) in [5.74, 6) is 2.68. The van der Waals surface area contributed by atoms with Crippen molar-refractivity contribution in [2.45, 2.75) is 6.42 Å². The second kappa shape index (κ2) is 6.12. The third-order valence-corrected chi connectivity index (χ3v) is 4.42. The molecular weight excluding hydrogens is 260 g/mol. The molecule has 3 nitrogen and oxygen atoms in total. The number of rotatable bonds is 5. The molecule has 0 saturated carbocycles. The van der Waals surface area contributed by atoms with Crippen LogP contribution in [0.3, 0.4) is 0 Å². The summed E-state index contributed by atoms with van der Waals surface area (Å²) in [5, 5.41) is 4.23. The van der Waals surface area contributed by atoms with E-state index >= 15 is 0 Å². The second-order valence-electron chi connectivity index (χ2n) is 5.59. The Morgan fingerprint density at radius 2 is 1.84 bits per heavy atom. The zero-order valence-corrected chi connectivity index (χ0v) is 11.9. The number of fused-ring (bicyclic) bond motifs is 1. The first kappa shape index (κ1) is 13.2. The summed E-state index contributed by atoms with van der Waals surface area (Å²) in [6, 6.07) is 7.58. The smallest absolute Gasteiger partial charge is 0.119 e. The maximum atomic E-state index is 5.84. The normalized spacial score (nSPS) is 26.6. The van der Waals surface area contributed by atoms with Crippen molar-refractivity contribution in [1.82, 2.24) is 10.2 Å². The van der Waals surface area contributed by atoms with Crippen molar-refractivity contribution in [3.63, 3.8) is 0 Å². The molecule has 0 bridgehead atoms.